The first kappa shape index (κ1) is 31.6. The lowest BCUT2D eigenvalue weighted by Gasteiger charge is -2.35. The normalized spacial score (nSPS) is 20.2. The van der Waals surface area contributed by atoms with Crippen molar-refractivity contribution in [3.05, 3.63) is 62.3 Å². The summed E-state index contributed by atoms with van der Waals surface area (Å²) in [4.78, 5) is 50.4. The van der Waals surface area contributed by atoms with Crippen molar-refractivity contribution < 1.29 is 27.5 Å². The van der Waals surface area contributed by atoms with Gasteiger partial charge in [-0.2, -0.15) is 22.7 Å². The molecule has 1 saturated heterocycles. The van der Waals surface area contributed by atoms with E-state index in [-0.39, 0.29) is 45.6 Å². The minimum absolute atomic E-state index is 0.0108. The van der Waals surface area contributed by atoms with Crippen molar-refractivity contribution in [1.29, 1.82) is 5.41 Å². The molecule has 0 radical (unpaired) electrons. The fourth-order valence-corrected chi connectivity index (χ4v) is 6.68. The second kappa shape index (κ2) is 12.1. The minimum atomic E-state index is -4.59. The third-order valence-corrected chi connectivity index (χ3v) is 9.13. The van der Waals surface area contributed by atoms with E-state index in [9.17, 15) is 27.6 Å². The number of anilines is 1. The molecule has 0 saturated carbocycles. The maximum absolute atomic E-state index is 14.0. The summed E-state index contributed by atoms with van der Waals surface area (Å²) in [5.41, 5.74) is 0.441. The lowest BCUT2D eigenvalue weighted by Crippen LogP contribution is -2.41. The SMILES string of the molecule is CC(=NC=N)C(=O)N1CCC2(CCc3c(c(=O)n4nc(C5=CCOCC5)nc4n3CC(=O)Nc3ccc(C(F)(F)F)cc3Cl)C2)C1. The van der Waals surface area contributed by atoms with Crippen molar-refractivity contribution >= 4 is 52.5 Å². The number of halogens is 4. The number of benzene rings is 1. The third kappa shape index (κ3) is 5.96. The number of nitrogens with one attached hydrogen (secondary N) is 2. The summed E-state index contributed by atoms with van der Waals surface area (Å²) in [6, 6.07) is 2.68. The molecule has 242 valence electrons. The number of likely N-dealkylation sites (tertiary alicyclic amines) is 1. The Labute approximate surface area is 265 Å². The molecule has 0 bridgehead atoms. The van der Waals surface area contributed by atoms with Crippen LogP contribution < -0.4 is 10.9 Å². The van der Waals surface area contributed by atoms with Crippen LogP contribution in [0.5, 0.6) is 0 Å². The zero-order valence-corrected chi connectivity index (χ0v) is 25.5. The molecule has 16 heteroatoms. The van der Waals surface area contributed by atoms with Gasteiger partial charge in [-0.25, -0.2) is 4.99 Å². The molecule has 1 spiro atoms. The molecule has 2 aromatic heterocycles. The summed E-state index contributed by atoms with van der Waals surface area (Å²) in [5.74, 6) is -0.333. The van der Waals surface area contributed by atoms with Crippen molar-refractivity contribution in [2.45, 2.75) is 51.7 Å². The minimum Gasteiger partial charge on any atom is -0.377 e. The van der Waals surface area contributed by atoms with Crippen molar-refractivity contribution in [3.63, 3.8) is 0 Å². The number of fused-ring (bicyclic) bond motifs is 2. The number of hydrogen-bond acceptors (Lipinski definition) is 7. The number of ether oxygens (including phenoxy) is 1. The van der Waals surface area contributed by atoms with Gasteiger partial charge in [0.05, 0.1) is 29.5 Å². The molecular weight excluding hydrogens is 629 g/mol. The molecule has 4 heterocycles. The number of carbonyl (C=O) groups excluding carboxylic acids is 2. The molecule has 1 aromatic carbocycles. The zero-order chi connectivity index (χ0) is 32.8. The van der Waals surface area contributed by atoms with Crippen molar-refractivity contribution in [1.82, 2.24) is 24.1 Å². The van der Waals surface area contributed by atoms with Crippen LogP contribution in [-0.2, 0) is 39.9 Å². The number of amides is 2. The summed E-state index contributed by atoms with van der Waals surface area (Å²) in [6.45, 7) is 3.00. The van der Waals surface area contributed by atoms with Gasteiger partial charge in [-0.05, 0) is 68.2 Å². The molecule has 1 fully saturated rings. The fourth-order valence-electron chi connectivity index (χ4n) is 6.46. The fraction of sp³-hybridized carbons (Fsp3) is 0.433. The van der Waals surface area contributed by atoms with E-state index in [2.05, 4.69) is 20.4 Å². The second-order valence-electron chi connectivity index (χ2n) is 11.8. The van der Waals surface area contributed by atoms with Gasteiger partial charge in [-0.1, -0.05) is 17.7 Å². The predicted octanol–water partition coefficient (Wildman–Crippen LogP) is 3.78. The van der Waals surface area contributed by atoms with Gasteiger partial charge < -0.3 is 19.5 Å². The Hall–Kier alpha value is -4.37. The molecule has 2 aliphatic heterocycles. The lowest BCUT2D eigenvalue weighted by atomic mass is 9.72. The Kier molecular flexibility index (Phi) is 8.31. The quantitative estimate of drug-likeness (QED) is 0.304. The number of hydrogen-bond donors (Lipinski definition) is 2. The highest BCUT2D eigenvalue weighted by Gasteiger charge is 2.44. The van der Waals surface area contributed by atoms with Crippen LogP contribution in [0.2, 0.25) is 5.02 Å². The van der Waals surface area contributed by atoms with Gasteiger partial charge in [0.15, 0.2) is 5.82 Å². The van der Waals surface area contributed by atoms with Crippen molar-refractivity contribution in [3.8, 4) is 0 Å². The first-order chi connectivity index (χ1) is 21.9. The smallest absolute Gasteiger partial charge is 0.377 e. The number of aromatic nitrogens is 4. The highest BCUT2D eigenvalue weighted by Crippen LogP contribution is 2.42. The maximum Gasteiger partial charge on any atom is 0.416 e. The second-order valence-corrected chi connectivity index (χ2v) is 12.2. The van der Waals surface area contributed by atoms with Gasteiger partial charge in [0.2, 0.25) is 11.7 Å². The Morgan fingerprint density at radius 3 is 2.76 bits per heavy atom. The summed E-state index contributed by atoms with van der Waals surface area (Å²) in [7, 11) is 0. The van der Waals surface area contributed by atoms with Crippen LogP contribution in [0.3, 0.4) is 0 Å². The molecule has 2 N–H and O–H groups in total. The summed E-state index contributed by atoms with van der Waals surface area (Å²) < 4.78 is 47.6. The zero-order valence-electron chi connectivity index (χ0n) is 24.8. The Balaban J connectivity index is 1.36. The average molecular weight is 659 g/mol. The van der Waals surface area contributed by atoms with Crippen LogP contribution in [0, 0.1) is 10.8 Å². The number of alkyl halides is 3. The lowest BCUT2D eigenvalue weighted by molar-refractivity contribution is -0.137. The van der Waals surface area contributed by atoms with E-state index in [1.54, 1.807) is 16.4 Å². The maximum atomic E-state index is 14.0. The molecule has 1 aliphatic carbocycles. The molecule has 46 heavy (non-hydrogen) atoms. The molecule has 12 nitrogen and oxygen atoms in total. The van der Waals surface area contributed by atoms with E-state index in [1.165, 1.54) is 4.52 Å². The van der Waals surface area contributed by atoms with Gasteiger partial charge >= 0.3 is 6.18 Å². The van der Waals surface area contributed by atoms with Crippen LogP contribution in [0.25, 0.3) is 11.4 Å². The Morgan fingerprint density at radius 2 is 2.07 bits per heavy atom. The van der Waals surface area contributed by atoms with Crippen molar-refractivity contribution in [2.24, 2.45) is 10.4 Å². The third-order valence-electron chi connectivity index (χ3n) is 8.82. The van der Waals surface area contributed by atoms with Gasteiger partial charge in [0.25, 0.3) is 11.5 Å². The van der Waals surface area contributed by atoms with E-state index in [0.717, 1.165) is 30.1 Å². The van der Waals surface area contributed by atoms with Gasteiger partial charge in [0, 0.05) is 24.3 Å². The van der Waals surface area contributed by atoms with Crippen LogP contribution >= 0.6 is 11.6 Å². The summed E-state index contributed by atoms with van der Waals surface area (Å²) in [6.07, 6.45) is 0.691. The predicted molar refractivity (Wildman–Crippen MR) is 163 cm³/mol. The van der Waals surface area contributed by atoms with Gasteiger partial charge in [0.1, 0.15) is 18.6 Å². The first-order valence-corrected chi connectivity index (χ1v) is 15.0. The number of rotatable bonds is 6. The number of aliphatic imine (C=N–C) groups is 1. The molecule has 1 atom stereocenters. The standard InChI is InChI=1S/C30H30ClF3N8O4/c1-17(36-16-35)26(44)40-9-8-29(15-40)7-4-23-20(13-29)27(45)42-28(38-25(39-42)18-5-10-46-11-6-18)41(23)14-24(43)37-22-3-2-19(12-21(22)31)30(32,33)34/h2-3,5,12,16,35H,4,6-11,13-15H2,1H3,(H,37,43). The molecule has 1 unspecified atom stereocenters. The van der Waals surface area contributed by atoms with E-state index in [1.807, 2.05) is 6.08 Å². The van der Waals surface area contributed by atoms with Crippen molar-refractivity contribution in [2.75, 3.05) is 31.6 Å². The topological polar surface area (TPSA) is 147 Å². The van der Waals surface area contributed by atoms with E-state index in [4.69, 9.17) is 21.7 Å². The van der Waals surface area contributed by atoms with E-state index >= 15 is 0 Å². The van der Waals surface area contributed by atoms with E-state index < -0.39 is 17.6 Å². The summed E-state index contributed by atoms with van der Waals surface area (Å²) >= 11 is 6.09. The van der Waals surface area contributed by atoms with Crippen LogP contribution in [0.15, 0.2) is 34.1 Å². The molecule has 3 aliphatic rings. The van der Waals surface area contributed by atoms with E-state index in [0.29, 0.717) is 75.5 Å². The number of nitrogens with zero attached hydrogens (tertiary/aromatic N) is 6. The largest absolute Gasteiger partial charge is 0.416 e. The molecule has 6 rings (SSSR count). The first-order valence-electron chi connectivity index (χ1n) is 14.7. The highest BCUT2D eigenvalue weighted by atomic mass is 35.5. The van der Waals surface area contributed by atoms with Gasteiger partial charge in [-0.15, -0.1) is 5.10 Å². The van der Waals surface area contributed by atoms with Gasteiger partial charge in [-0.3, -0.25) is 19.8 Å². The Morgan fingerprint density at radius 1 is 1.26 bits per heavy atom. The number of carbonyl (C=O) groups is 2. The summed E-state index contributed by atoms with van der Waals surface area (Å²) in [5, 5.41) is 14.0. The molecule has 3 aromatic rings. The van der Waals surface area contributed by atoms with Crippen LogP contribution in [-0.4, -0.2) is 74.2 Å². The average Bonchev–Trinajstić information content (AvgIpc) is 3.65. The monoisotopic (exact) mass is 658 g/mol. The molecular formula is C30H30ClF3N8O4. The van der Waals surface area contributed by atoms with Crippen LogP contribution in [0.1, 0.15) is 48.8 Å². The highest BCUT2D eigenvalue weighted by molar-refractivity contribution is 6.38. The van der Waals surface area contributed by atoms with Crippen LogP contribution in [0.4, 0.5) is 18.9 Å². The Bertz CT molecular complexity index is 1880. The molecule has 2 amide bonds.